The predicted molar refractivity (Wildman–Crippen MR) is 131 cm³/mol. The number of para-hydroxylation sites is 3. The van der Waals surface area contributed by atoms with E-state index in [1.54, 1.807) is 16.7 Å². The zero-order valence-electron chi connectivity index (χ0n) is 18.4. The van der Waals surface area contributed by atoms with E-state index in [0.717, 1.165) is 16.9 Å². The summed E-state index contributed by atoms with van der Waals surface area (Å²) < 4.78 is 15.6. The number of aryl methyl sites for hydroxylation is 1. The van der Waals surface area contributed by atoms with Gasteiger partial charge in [0.15, 0.2) is 5.16 Å². The van der Waals surface area contributed by atoms with Gasteiger partial charge in [0.2, 0.25) is 11.8 Å². The normalized spacial score (nSPS) is 10.6. The van der Waals surface area contributed by atoms with E-state index in [-0.39, 0.29) is 23.8 Å². The van der Waals surface area contributed by atoms with Crippen molar-refractivity contribution in [3.05, 3.63) is 96.1 Å². The number of aromatic nitrogens is 3. The van der Waals surface area contributed by atoms with Crippen molar-refractivity contribution in [3.63, 3.8) is 0 Å². The fraction of sp³-hybridized carbons (Fsp3) is 0.120. The summed E-state index contributed by atoms with van der Waals surface area (Å²) in [6, 6.07) is 22.8. The van der Waals surface area contributed by atoms with Gasteiger partial charge in [-0.3, -0.25) is 14.2 Å². The van der Waals surface area contributed by atoms with E-state index < -0.39 is 11.7 Å². The van der Waals surface area contributed by atoms with Crippen LogP contribution in [0.4, 0.5) is 15.8 Å². The van der Waals surface area contributed by atoms with Gasteiger partial charge in [-0.05, 0) is 42.8 Å². The Morgan fingerprint density at radius 2 is 1.50 bits per heavy atom. The number of nitrogens with one attached hydrogen (secondary N) is 2. The minimum Gasteiger partial charge on any atom is -0.325 e. The second kappa shape index (κ2) is 10.8. The van der Waals surface area contributed by atoms with Crippen molar-refractivity contribution in [1.82, 2.24) is 14.8 Å². The van der Waals surface area contributed by atoms with Gasteiger partial charge in [0, 0.05) is 11.4 Å². The molecule has 2 N–H and O–H groups in total. The lowest BCUT2D eigenvalue weighted by Gasteiger charge is -2.11. The quantitative estimate of drug-likeness (QED) is 0.363. The van der Waals surface area contributed by atoms with E-state index in [2.05, 4.69) is 20.8 Å². The molecule has 0 radical (unpaired) electrons. The van der Waals surface area contributed by atoms with Crippen molar-refractivity contribution in [2.24, 2.45) is 0 Å². The molecule has 1 heterocycles. The number of carbonyl (C=O) groups is 2. The molecule has 0 spiro atoms. The van der Waals surface area contributed by atoms with E-state index in [1.807, 2.05) is 61.5 Å². The number of hydrogen-bond acceptors (Lipinski definition) is 5. The smallest absolute Gasteiger partial charge is 0.234 e. The molecule has 34 heavy (non-hydrogen) atoms. The van der Waals surface area contributed by atoms with Crippen LogP contribution in [-0.2, 0) is 16.0 Å². The van der Waals surface area contributed by atoms with Gasteiger partial charge in [0.25, 0.3) is 0 Å². The Bertz CT molecular complexity index is 1310. The molecule has 2 amide bonds. The minimum atomic E-state index is -0.517. The third-order valence-corrected chi connectivity index (χ3v) is 5.86. The SMILES string of the molecule is Cc1ccccc1NC(=O)CSc1nnc(CC(=O)Nc2ccccc2F)n1-c1ccccc1. The number of halogens is 1. The molecule has 0 unspecified atom stereocenters. The van der Waals surface area contributed by atoms with Crippen LogP contribution < -0.4 is 10.6 Å². The van der Waals surface area contributed by atoms with Crippen LogP contribution in [0.1, 0.15) is 11.4 Å². The lowest BCUT2D eigenvalue weighted by Crippen LogP contribution is -2.18. The molecule has 1 aromatic heterocycles. The summed E-state index contributed by atoms with van der Waals surface area (Å²) in [6.45, 7) is 1.92. The summed E-state index contributed by atoms with van der Waals surface area (Å²) in [5.74, 6) is -0.636. The fourth-order valence-electron chi connectivity index (χ4n) is 3.27. The summed E-state index contributed by atoms with van der Waals surface area (Å²) >= 11 is 1.22. The van der Waals surface area contributed by atoms with Crippen molar-refractivity contribution in [3.8, 4) is 5.69 Å². The van der Waals surface area contributed by atoms with Crippen LogP contribution in [0.2, 0.25) is 0 Å². The van der Waals surface area contributed by atoms with Crippen molar-refractivity contribution in [2.75, 3.05) is 16.4 Å². The van der Waals surface area contributed by atoms with Gasteiger partial charge in [-0.25, -0.2) is 4.39 Å². The molecule has 4 rings (SSSR count). The zero-order chi connectivity index (χ0) is 23.9. The van der Waals surface area contributed by atoms with E-state index in [4.69, 9.17) is 0 Å². The molecule has 172 valence electrons. The Morgan fingerprint density at radius 3 is 2.24 bits per heavy atom. The zero-order valence-corrected chi connectivity index (χ0v) is 19.2. The van der Waals surface area contributed by atoms with Crippen LogP contribution in [0.3, 0.4) is 0 Å². The first-order chi connectivity index (χ1) is 16.5. The van der Waals surface area contributed by atoms with E-state index in [9.17, 15) is 14.0 Å². The van der Waals surface area contributed by atoms with E-state index in [0.29, 0.717) is 11.0 Å². The molecule has 0 bridgehead atoms. The van der Waals surface area contributed by atoms with Crippen molar-refractivity contribution in [1.29, 1.82) is 0 Å². The van der Waals surface area contributed by atoms with Gasteiger partial charge in [-0.1, -0.05) is 60.3 Å². The number of thioether (sulfide) groups is 1. The fourth-order valence-corrected chi connectivity index (χ4v) is 4.05. The Labute approximate surface area is 200 Å². The summed E-state index contributed by atoms with van der Waals surface area (Å²) in [4.78, 5) is 25.1. The molecule has 3 aromatic carbocycles. The third-order valence-electron chi connectivity index (χ3n) is 4.93. The molecule has 4 aromatic rings. The minimum absolute atomic E-state index is 0.0979. The maximum atomic E-state index is 13.9. The van der Waals surface area contributed by atoms with Crippen molar-refractivity contribution in [2.45, 2.75) is 18.5 Å². The number of benzene rings is 3. The monoisotopic (exact) mass is 475 g/mol. The average molecular weight is 476 g/mol. The molecule has 9 heteroatoms. The molecule has 0 fully saturated rings. The summed E-state index contributed by atoms with van der Waals surface area (Å²) in [5, 5.41) is 14.3. The number of anilines is 2. The first-order valence-corrected chi connectivity index (χ1v) is 11.5. The van der Waals surface area contributed by atoms with Gasteiger partial charge in [-0.15, -0.1) is 10.2 Å². The van der Waals surface area contributed by atoms with Gasteiger partial charge < -0.3 is 10.6 Å². The van der Waals surface area contributed by atoms with E-state index >= 15 is 0 Å². The van der Waals surface area contributed by atoms with Crippen LogP contribution in [-0.4, -0.2) is 32.3 Å². The van der Waals surface area contributed by atoms with Crippen LogP contribution in [0.25, 0.3) is 5.69 Å². The van der Waals surface area contributed by atoms with Crippen LogP contribution in [0.5, 0.6) is 0 Å². The third kappa shape index (κ3) is 5.68. The molecule has 0 atom stereocenters. The maximum absolute atomic E-state index is 13.9. The van der Waals surface area contributed by atoms with Crippen LogP contribution in [0.15, 0.2) is 84.0 Å². The highest BCUT2D eigenvalue weighted by molar-refractivity contribution is 7.99. The Hall–Kier alpha value is -3.98. The average Bonchev–Trinajstić information content (AvgIpc) is 3.23. The van der Waals surface area contributed by atoms with Gasteiger partial charge in [0.1, 0.15) is 11.6 Å². The van der Waals surface area contributed by atoms with Crippen LogP contribution in [0, 0.1) is 12.7 Å². The predicted octanol–water partition coefficient (Wildman–Crippen LogP) is 4.63. The maximum Gasteiger partial charge on any atom is 0.234 e. The lowest BCUT2D eigenvalue weighted by atomic mass is 10.2. The van der Waals surface area contributed by atoms with E-state index in [1.165, 1.54) is 23.9 Å². The number of rotatable bonds is 8. The molecular formula is C25H22FN5O2S. The van der Waals surface area contributed by atoms with Gasteiger partial charge in [-0.2, -0.15) is 0 Å². The highest BCUT2D eigenvalue weighted by Crippen LogP contribution is 2.23. The first-order valence-electron chi connectivity index (χ1n) is 10.5. The van der Waals surface area contributed by atoms with Gasteiger partial charge >= 0.3 is 0 Å². The summed E-state index contributed by atoms with van der Waals surface area (Å²) in [7, 11) is 0. The Morgan fingerprint density at radius 1 is 0.853 bits per heavy atom. The Balaban J connectivity index is 1.50. The molecular weight excluding hydrogens is 453 g/mol. The lowest BCUT2D eigenvalue weighted by molar-refractivity contribution is -0.116. The second-order valence-electron chi connectivity index (χ2n) is 7.43. The number of hydrogen-bond donors (Lipinski definition) is 2. The summed E-state index contributed by atoms with van der Waals surface area (Å²) in [5.41, 5.74) is 2.57. The molecule has 0 saturated heterocycles. The molecule has 0 aliphatic carbocycles. The van der Waals surface area contributed by atoms with Gasteiger partial charge in [0.05, 0.1) is 17.9 Å². The Kier molecular flexibility index (Phi) is 7.34. The van der Waals surface area contributed by atoms with Crippen LogP contribution >= 0.6 is 11.8 Å². The molecule has 0 aliphatic heterocycles. The number of nitrogens with zero attached hydrogens (tertiary/aromatic N) is 3. The standard InChI is InChI=1S/C25H22FN5O2S/c1-17-9-5-7-13-20(17)27-24(33)16-34-25-30-29-22(31(25)18-10-3-2-4-11-18)15-23(32)28-21-14-8-6-12-19(21)26/h2-14H,15-16H2,1H3,(H,27,33)(H,28,32). The second-order valence-corrected chi connectivity index (χ2v) is 8.37. The summed E-state index contributed by atoms with van der Waals surface area (Å²) in [6.07, 6.45) is -0.119. The molecule has 7 nitrogen and oxygen atoms in total. The first kappa shape index (κ1) is 23.2. The van der Waals surface area contributed by atoms with Crippen molar-refractivity contribution < 1.29 is 14.0 Å². The largest absolute Gasteiger partial charge is 0.325 e. The van der Waals surface area contributed by atoms with Crippen molar-refractivity contribution >= 4 is 35.0 Å². The molecule has 0 saturated carbocycles. The number of amides is 2. The highest BCUT2D eigenvalue weighted by atomic mass is 32.2. The number of carbonyl (C=O) groups excluding carboxylic acids is 2. The highest BCUT2D eigenvalue weighted by Gasteiger charge is 2.19. The topological polar surface area (TPSA) is 88.9 Å². The molecule has 0 aliphatic rings.